The fourth-order valence-electron chi connectivity index (χ4n) is 4.50. The smallest absolute Gasteiger partial charge is 0.344 e. The van der Waals surface area contributed by atoms with Crippen molar-refractivity contribution in [3.8, 4) is 17.6 Å². The number of allylic oxidation sites excluding steroid dienone is 1. The van der Waals surface area contributed by atoms with E-state index in [1.165, 1.54) is 0 Å². The molecule has 7 heteroatoms. The van der Waals surface area contributed by atoms with Gasteiger partial charge in [-0.1, -0.05) is 48.0 Å². The fourth-order valence-corrected chi connectivity index (χ4v) is 4.63. The van der Waals surface area contributed by atoms with Gasteiger partial charge >= 0.3 is 5.63 Å². The number of ether oxygens (including phenoxy) is 2. The Morgan fingerprint density at radius 1 is 1.09 bits per heavy atom. The molecule has 0 amide bonds. The number of hydrogen-bond donors (Lipinski definition) is 1. The molecule has 1 aliphatic heterocycles. The summed E-state index contributed by atoms with van der Waals surface area (Å²) in [6, 6.07) is 22.5. The zero-order valence-electron chi connectivity index (χ0n) is 18.9. The van der Waals surface area contributed by atoms with Gasteiger partial charge in [0.25, 0.3) is 0 Å². The van der Waals surface area contributed by atoms with Crippen LogP contribution in [0.15, 0.2) is 87.4 Å². The van der Waals surface area contributed by atoms with Gasteiger partial charge < -0.3 is 19.6 Å². The summed E-state index contributed by atoms with van der Waals surface area (Å²) < 4.78 is 17.0. The second kappa shape index (κ2) is 9.21. The van der Waals surface area contributed by atoms with E-state index in [4.69, 9.17) is 31.2 Å². The Kier molecular flexibility index (Phi) is 5.94. The Bertz CT molecular complexity index is 1570. The minimum atomic E-state index is -0.732. The Labute approximate surface area is 206 Å². The van der Waals surface area contributed by atoms with Crippen molar-refractivity contribution in [2.75, 3.05) is 7.11 Å². The third kappa shape index (κ3) is 4.11. The molecule has 1 atom stereocenters. The van der Waals surface area contributed by atoms with Crippen molar-refractivity contribution in [1.82, 2.24) is 0 Å². The third-order valence-corrected chi connectivity index (χ3v) is 6.46. The van der Waals surface area contributed by atoms with Gasteiger partial charge in [-0.25, -0.2) is 4.79 Å². The van der Waals surface area contributed by atoms with E-state index in [1.54, 1.807) is 25.3 Å². The highest BCUT2D eigenvalue weighted by Gasteiger charge is 2.35. The second-order valence-electron chi connectivity index (χ2n) is 8.25. The minimum Gasteiger partial charge on any atom is -0.496 e. The number of rotatable bonds is 5. The largest absolute Gasteiger partial charge is 0.496 e. The maximum atomic E-state index is 13.1. The molecule has 0 saturated carbocycles. The molecule has 2 heterocycles. The normalized spacial score (nSPS) is 14.8. The van der Waals surface area contributed by atoms with E-state index in [9.17, 15) is 10.1 Å². The highest BCUT2D eigenvalue weighted by molar-refractivity contribution is 6.30. The maximum Gasteiger partial charge on any atom is 0.344 e. The number of nitrogens with zero attached hydrogens (tertiary/aromatic N) is 1. The van der Waals surface area contributed by atoms with E-state index in [2.05, 4.69) is 6.07 Å². The van der Waals surface area contributed by atoms with E-state index < -0.39 is 11.5 Å². The van der Waals surface area contributed by atoms with Gasteiger partial charge in [0.2, 0.25) is 5.88 Å². The summed E-state index contributed by atoms with van der Waals surface area (Å²) in [7, 11) is 1.61. The lowest BCUT2D eigenvalue weighted by molar-refractivity contribution is 0.388. The van der Waals surface area contributed by atoms with Crippen molar-refractivity contribution < 1.29 is 13.9 Å². The molecule has 0 fully saturated rings. The molecule has 0 bridgehead atoms. The summed E-state index contributed by atoms with van der Waals surface area (Å²) in [5.74, 6) is 0.275. The molecule has 6 nitrogen and oxygen atoms in total. The second-order valence-corrected chi connectivity index (χ2v) is 8.69. The first kappa shape index (κ1) is 22.6. The average Bonchev–Trinajstić information content (AvgIpc) is 2.87. The molecule has 1 aromatic heterocycles. The fraction of sp³-hybridized carbons (Fsp3) is 0.143. The Hall–Kier alpha value is -4.21. The molecule has 35 heavy (non-hydrogen) atoms. The molecule has 0 aliphatic carbocycles. The van der Waals surface area contributed by atoms with Crippen LogP contribution in [-0.4, -0.2) is 7.11 Å². The molecule has 0 unspecified atom stereocenters. The lowest BCUT2D eigenvalue weighted by atomic mass is 9.83. The van der Waals surface area contributed by atoms with Gasteiger partial charge in [0, 0.05) is 5.02 Å². The van der Waals surface area contributed by atoms with Crippen LogP contribution in [-0.2, 0) is 12.8 Å². The van der Waals surface area contributed by atoms with E-state index in [-0.39, 0.29) is 17.0 Å². The Morgan fingerprint density at radius 2 is 1.86 bits per heavy atom. The summed E-state index contributed by atoms with van der Waals surface area (Å²) in [6.45, 7) is 0. The monoisotopic (exact) mass is 484 g/mol. The zero-order chi connectivity index (χ0) is 24.5. The Balaban J connectivity index is 1.63. The topological polar surface area (TPSA) is 98.5 Å². The number of halogens is 1. The van der Waals surface area contributed by atoms with Crippen LogP contribution >= 0.6 is 11.6 Å². The lowest BCUT2D eigenvalue weighted by Crippen LogP contribution is -2.26. The van der Waals surface area contributed by atoms with E-state index in [0.29, 0.717) is 28.2 Å². The van der Waals surface area contributed by atoms with E-state index >= 15 is 0 Å². The summed E-state index contributed by atoms with van der Waals surface area (Å²) in [6.07, 6.45) is 1.44. The number of nitrogens with two attached hydrogens (primary N) is 1. The average molecular weight is 485 g/mol. The van der Waals surface area contributed by atoms with E-state index in [1.807, 2.05) is 48.5 Å². The van der Waals surface area contributed by atoms with Crippen molar-refractivity contribution in [3.63, 3.8) is 0 Å². The zero-order valence-corrected chi connectivity index (χ0v) is 19.6. The van der Waals surface area contributed by atoms with Crippen LogP contribution in [0.1, 0.15) is 28.2 Å². The van der Waals surface area contributed by atoms with Gasteiger partial charge in [0.1, 0.15) is 23.0 Å². The molecule has 2 N–H and O–H groups in total. The molecule has 5 rings (SSSR count). The molecule has 4 aromatic rings. The SMILES string of the molecule is COc1ccc([C@@H]2C(C#N)=C(N)Oc3c2c(=O)oc2ccccc32)cc1CCc1ccc(Cl)cc1. The van der Waals surface area contributed by atoms with Crippen molar-refractivity contribution in [1.29, 1.82) is 5.26 Å². The first-order valence-electron chi connectivity index (χ1n) is 11.0. The van der Waals surface area contributed by atoms with Gasteiger partial charge in [-0.2, -0.15) is 5.26 Å². The number of hydrogen-bond acceptors (Lipinski definition) is 6. The first-order chi connectivity index (χ1) is 17.0. The number of fused-ring (bicyclic) bond motifs is 3. The summed E-state index contributed by atoms with van der Waals surface area (Å²) in [5.41, 5.74) is 9.21. The molecular formula is C28H21ClN2O4. The quantitative estimate of drug-likeness (QED) is 0.378. The standard InChI is InChI=1S/C28H21ClN2O4/c1-33-22-13-10-18(14-17(22)9-6-16-7-11-19(29)12-8-16)24-21(15-30)27(31)35-26-20-4-2-3-5-23(20)34-28(32)25(24)26/h2-5,7-8,10-14,24H,6,9,31H2,1H3/t24-/m1/s1. The van der Waals surface area contributed by atoms with Crippen LogP contribution in [0, 0.1) is 11.3 Å². The van der Waals surface area contributed by atoms with Crippen LogP contribution in [0.4, 0.5) is 0 Å². The highest BCUT2D eigenvalue weighted by atomic mass is 35.5. The molecule has 1 aliphatic rings. The molecular weight excluding hydrogens is 464 g/mol. The third-order valence-electron chi connectivity index (χ3n) is 6.21. The van der Waals surface area contributed by atoms with Crippen LogP contribution in [0.3, 0.4) is 0 Å². The van der Waals surface area contributed by atoms with Gasteiger partial charge in [-0.3, -0.25) is 0 Å². The lowest BCUT2D eigenvalue weighted by Gasteiger charge is -2.26. The van der Waals surface area contributed by atoms with Crippen molar-refractivity contribution >= 4 is 22.6 Å². The van der Waals surface area contributed by atoms with Crippen molar-refractivity contribution in [2.45, 2.75) is 18.8 Å². The van der Waals surface area contributed by atoms with Crippen molar-refractivity contribution in [2.24, 2.45) is 5.73 Å². The number of benzene rings is 3. The molecule has 0 radical (unpaired) electrons. The van der Waals surface area contributed by atoms with Gasteiger partial charge in [0.05, 0.1) is 24.0 Å². The van der Waals surface area contributed by atoms with Crippen LogP contribution < -0.4 is 20.8 Å². The number of nitriles is 1. The van der Waals surface area contributed by atoms with Crippen LogP contribution in [0.5, 0.6) is 11.5 Å². The van der Waals surface area contributed by atoms with Crippen LogP contribution in [0.2, 0.25) is 5.02 Å². The highest BCUT2D eigenvalue weighted by Crippen LogP contribution is 2.44. The molecule has 174 valence electrons. The predicted molar refractivity (Wildman–Crippen MR) is 134 cm³/mol. The predicted octanol–water partition coefficient (Wildman–Crippen LogP) is 5.46. The van der Waals surface area contributed by atoms with Crippen LogP contribution in [0.25, 0.3) is 11.0 Å². The number of methoxy groups -OCH3 is 1. The number of aryl methyl sites for hydroxylation is 2. The molecule has 0 spiro atoms. The van der Waals surface area contributed by atoms with Crippen molar-refractivity contribution in [3.05, 3.63) is 116 Å². The van der Waals surface area contributed by atoms with Gasteiger partial charge in [-0.15, -0.1) is 0 Å². The van der Waals surface area contributed by atoms with Gasteiger partial charge in [-0.05, 0) is 59.9 Å². The minimum absolute atomic E-state index is 0.0284. The molecule has 0 saturated heterocycles. The molecule has 3 aromatic carbocycles. The summed E-state index contributed by atoms with van der Waals surface area (Å²) in [5, 5.41) is 11.2. The number of para-hydroxylation sites is 1. The summed E-state index contributed by atoms with van der Waals surface area (Å²) >= 11 is 6.01. The Morgan fingerprint density at radius 3 is 2.60 bits per heavy atom. The summed E-state index contributed by atoms with van der Waals surface area (Å²) in [4.78, 5) is 13.1. The van der Waals surface area contributed by atoms with Gasteiger partial charge in [0.15, 0.2) is 5.75 Å². The first-order valence-corrected chi connectivity index (χ1v) is 11.4. The van der Waals surface area contributed by atoms with E-state index in [0.717, 1.165) is 28.9 Å². The maximum absolute atomic E-state index is 13.1.